The molecule has 0 saturated carbocycles. The zero-order chi connectivity index (χ0) is 21.8. The van der Waals surface area contributed by atoms with E-state index in [1.807, 2.05) is 0 Å². The minimum absolute atomic E-state index is 0.0404. The van der Waals surface area contributed by atoms with Gasteiger partial charge in [-0.25, -0.2) is 0 Å². The van der Waals surface area contributed by atoms with E-state index in [0.717, 1.165) is 12.8 Å². The first kappa shape index (κ1) is 22.1. The Kier molecular flexibility index (Phi) is 6.95. The molecule has 0 unspecified atom stereocenters. The fourth-order valence-electron chi connectivity index (χ4n) is 4.03. The molecule has 0 aromatic heterocycles. The van der Waals surface area contributed by atoms with Crippen LogP contribution in [0.4, 0.5) is 0 Å². The second-order valence-corrected chi connectivity index (χ2v) is 7.89. The van der Waals surface area contributed by atoms with Crippen LogP contribution in [0.2, 0.25) is 0 Å². The average molecular weight is 415 g/mol. The quantitative estimate of drug-likeness (QED) is 0.695. The summed E-state index contributed by atoms with van der Waals surface area (Å²) in [4.78, 5) is 29.1. The molecule has 1 saturated heterocycles. The maximum absolute atomic E-state index is 13.2. The van der Waals surface area contributed by atoms with E-state index < -0.39 is 6.04 Å². The monoisotopic (exact) mass is 415 g/mol. The van der Waals surface area contributed by atoms with Gasteiger partial charge in [0.2, 0.25) is 5.91 Å². The summed E-state index contributed by atoms with van der Waals surface area (Å²) in [5.74, 6) is -0.300. The van der Waals surface area contributed by atoms with Crippen LogP contribution in [0, 0.1) is 11.3 Å². The van der Waals surface area contributed by atoms with Gasteiger partial charge in [-0.1, -0.05) is 6.07 Å². The highest BCUT2D eigenvalue weighted by molar-refractivity contribution is 6.00. The number of carbonyl (C=O) groups excluding carboxylic acids is 2. The maximum atomic E-state index is 13.2. The normalized spacial score (nSPS) is 28.2. The van der Waals surface area contributed by atoms with Crippen molar-refractivity contribution in [2.45, 2.75) is 50.5 Å². The summed E-state index contributed by atoms with van der Waals surface area (Å²) in [6.45, 7) is 2.40. The molecule has 4 atom stereocenters. The Hall–Kier alpha value is -2.63. The van der Waals surface area contributed by atoms with Gasteiger partial charge in [-0.3, -0.25) is 9.59 Å². The van der Waals surface area contributed by atoms with Crippen LogP contribution >= 0.6 is 0 Å². The zero-order valence-corrected chi connectivity index (χ0v) is 18.0. The van der Waals surface area contributed by atoms with Gasteiger partial charge >= 0.3 is 0 Å². The standard InChI is InChI=1S/C22H29N3O5/c1-14-21(26)24(2)13-19-18(28-4)9-8-16(30-19)10-11-29-20-15(12-23)6-5-7-17(20)22(27)25(14)3/h5-7,14,16,18-19H,8-11,13H2,1-4H3/t14-,16+,18-,19-/m0/s1. The van der Waals surface area contributed by atoms with E-state index in [1.54, 1.807) is 51.2 Å². The van der Waals surface area contributed by atoms with E-state index in [4.69, 9.17) is 14.2 Å². The molecule has 0 aliphatic carbocycles. The van der Waals surface area contributed by atoms with Gasteiger partial charge in [-0.2, -0.15) is 5.26 Å². The van der Waals surface area contributed by atoms with Gasteiger partial charge < -0.3 is 24.0 Å². The molecule has 8 nitrogen and oxygen atoms in total. The van der Waals surface area contributed by atoms with Crippen LogP contribution in [-0.2, 0) is 14.3 Å². The Labute approximate surface area is 177 Å². The van der Waals surface area contributed by atoms with Gasteiger partial charge in [0.25, 0.3) is 5.91 Å². The second kappa shape index (κ2) is 9.45. The van der Waals surface area contributed by atoms with Gasteiger partial charge in [-0.15, -0.1) is 0 Å². The van der Waals surface area contributed by atoms with E-state index in [-0.39, 0.29) is 41.4 Å². The zero-order valence-electron chi connectivity index (χ0n) is 18.0. The van der Waals surface area contributed by atoms with Crippen molar-refractivity contribution in [3.8, 4) is 11.8 Å². The summed E-state index contributed by atoms with van der Waals surface area (Å²) in [6, 6.07) is 6.29. The van der Waals surface area contributed by atoms with Crippen molar-refractivity contribution in [1.29, 1.82) is 5.26 Å². The second-order valence-electron chi connectivity index (χ2n) is 7.89. The van der Waals surface area contributed by atoms with Crippen LogP contribution < -0.4 is 4.74 Å². The molecule has 2 heterocycles. The first-order valence-corrected chi connectivity index (χ1v) is 10.2. The van der Waals surface area contributed by atoms with Crippen molar-refractivity contribution in [3.63, 3.8) is 0 Å². The van der Waals surface area contributed by atoms with Crippen LogP contribution in [0.5, 0.6) is 5.75 Å². The van der Waals surface area contributed by atoms with Crippen LogP contribution in [0.3, 0.4) is 0 Å². The highest BCUT2D eigenvalue weighted by Gasteiger charge is 2.35. The summed E-state index contributed by atoms with van der Waals surface area (Å²) in [6.07, 6.45) is 1.89. The summed E-state index contributed by atoms with van der Waals surface area (Å²) in [5.41, 5.74) is 0.567. The number of hydrogen-bond acceptors (Lipinski definition) is 6. The van der Waals surface area contributed by atoms with Crippen LogP contribution in [-0.4, -0.2) is 80.3 Å². The van der Waals surface area contributed by atoms with E-state index >= 15 is 0 Å². The van der Waals surface area contributed by atoms with Crippen molar-refractivity contribution < 1.29 is 23.8 Å². The fourth-order valence-corrected chi connectivity index (χ4v) is 4.03. The fraction of sp³-hybridized carbons (Fsp3) is 0.591. The van der Waals surface area contributed by atoms with E-state index in [1.165, 1.54) is 4.90 Å². The smallest absolute Gasteiger partial charge is 0.258 e. The molecule has 0 N–H and O–H groups in total. The SMILES string of the molecule is CO[C@H]1CC[C@@H]2CCOc3c(C#N)cccc3C(=O)N(C)[C@@H](C)C(=O)N(C)C[C@@H]1O2. The number of ether oxygens (including phenoxy) is 3. The lowest BCUT2D eigenvalue weighted by molar-refractivity contribution is -0.152. The Morgan fingerprint density at radius 2 is 1.97 bits per heavy atom. The van der Waals surface area contributed by atoms with Gasteiger partial charge in [0.15, 0.2) is 0 Å². The largest absolute Gasteiger partial charge is 0.491 e. The van der Waals surface area contributed by atoms with Crippen molar-refractivity contribution in [2.24, 2.45) is 0 Å². The molecule has 1 fully saturated rings. The van der Waals surface area contributed by atoms with Crippen molar-refractivity contribution >= 4 is 11.8 Å². The Balaban J connectivity index is 1.96. The molecule has 8 heteroatoms. The number of fused-ring (bicyclic) bond motifs is 3. The summed E-state index contributed by atoms with van der Waals surface area (Å²) >= 11 is 0. The highest BCUT2D eigenvalue weighted by atomic mass is 16.5. The molecule has 2 aliphatic rings. The molecule has 2 amide bonds. The highest BCUT2D eigenvalue weighted by Crippen LogP contribution is 2.28. The van der Waals surface area contributed by atoms with Crippen LogP contribution in [0.1, 0.15) is 42.1 Å². The number of likely N-dealkylation sites (N-methyl/N-ethyl adjacent to an activating group) is 2. The third-order valence-corrected chi connectivity index (χ3v) is 6.00. The molecular formula is C22H29N3O5. The number of nitrogens with zero attached hydrogens (tertiary/aromatic N) is 3. The molecule has 30 heavy (non-hydrogen) atoms. The Morgan fingerprint density at radius 1 is 1.20 bits per heavy atom. The molecule has 0 radical (unpaired) electrons. The lowest BCUT2D eigenvalue weighted by Crippen LogP contribution is -2.52. The van der Waals surface area contributed by atoms with Crippen molar-refractivity contribution in [1.82, 2.24) is 9.80 Å². The lowest BCUT2D eigenvalue weighted by Gasteiger charge is -2.39. The third-order valence-electron chi connectivity index (χ3n) is 6.00. The van der Waals surface area contributed by atoms with E-state index in [9.17, 15) is 14.9 Å². The Bertz CT molecular complexity index is 837. The molecule has 2 aliphatic heterocycles. The predicted molar refractivity (Wildman–Crippen MR) is 109 cm³/mol. The summed E-state index contributed by atoms with van der Waals surface area (Å²) < 4.78 is 17.7. The first-order valence-electron chi connectivity index (χ1n) is 10.2. The number of nitriles is 1. The van der Waals surface area contributed by atoms with Crippen molar-refractivity contribution in [2.75, 3.05) is 34.4 Å². The number of carbonyl (C=O) groups is 2. The number of methoxy groups -OCH3 is 1. The summed E-state index contributed by atoms with van der Waals surface area (Å²) in [5, 5.41) is 9.49. The minimum atomic E-state index is -0.690. The molecular weight excluding hydrogens is 386 g/mol. The van der Waals surface area contributed by atoms with Crippen molar-refractivity contribution in [3.05, 3.63) is 29.3 Å². The minimum Gasteiger partial charge on any atom is -0.491 e. The van der Waals surface area contributed by atoms with E-state index in [2.05, 4.69) is 6.07 Å². The topological polar surface area (TPSA) is 92.1 Å². The predicted octanol–water partition coefficient (Wildman–Crippen LogP) is 1.82. The molecule has 1 aromatic rings. The third kappa shape index (κ3) is 4.42. The number of benzene rings is 1. The van der Waals surface area contributed by atoms with Gasteiger partial charge in [0.1, 0.15) is 24.0 Å². The average Bonchev–Trinajstić information content (AvgIpc) is 2.76. The molecule has 3 rings (SSSR count). The lowest BCUT2D eigenvalue weighted by atomic mass is 9.98. The van der Waals surface area contributed by atoms with Gasteiger partial charge in [-0.05, 0) is 31.9 Å². The van der Waals surface area contributed by atoms with Gasteiger partial charge in [0, 0.05) is 34.2 Å². The van der Waals surface area contributed by atoms with E-state index in [0.29, 0.717) is 25.1 Å². The molecule has 0 spiro atoms. The van der Waals surface area contributed by atoms with Crippen LogP contribution in [0.15, 0.2) is 18.2 Å². The summed E-state index contributed by atoms with van der Waals surface area (Å²) in [7, 11) is 4.95. The van der Waals surface area contributed by atoms with Gasteiger partial charge in [0.05, 0.1) is 29.9 Å². The first-order chi connectivity index (χ1) is 14.4. The molecule has 162 valence electrons. The number of hydrogen-bond donors (Lipinski definition) is 0. The number of amides is 2. The molecule has 1 aromatic carbocycles. The van der Waals surface area contributed by atoms with Crippen LogP contribution in [0.25, 0.3) is 0 Å². The molecule has 2 bridgehead atoms. The number of rotatable bonds is 1. The maximum Gasteiger partial charge on any atom is 0.258 e. The Morgan fingerprint density at radius 3 is 2.67 bits per heavy atom. The number of para-hydroxylation sites is 1.